The van der Waals surface area contributed by atoms with Crippen molar-refractivity contribution < 1.29 is 4.79 Å². The van der Waals surface area contributed by atoms with Gasteiger partial charge in [0.25, 0.3) is 5.91 Å². The molecule has 2 heterocycles. The van der Waals surface area contributed by atoms with Crippen molar-refractivity contribution in [1.29, 1.82) is 0 Å². The van der Waals surface area contributed by atoms with Gasteiger partial charge in [-0.25, -0.2) is 4.98 Å². The summed E-state index contributed by atoms with van der Waals surface area (Å²) >= 11 is 0. The van der Waals surface area contributed by atoms with Gasteiger partial charge in [0.05, 0.1) is 0 Å². The molecule has 100 valence electrons. The Morgan fingerprint density at radius 1 is 1.20 bits per heavy atom. The molecule has 20 heavy (non-hydrogen) atoms. The van der Waals surface area contributed by atoms with Gasteiger partial charge in [-0.1, -0.05) is 31.2 Å². The Morgan fingerprint density at radius 3 is 2.90 bits per heavy atom. The smallest absolute Gasteiger partial charge is 0.272 e. The number of carbonyl (C=O) groups excluding carboxylic acids is 1. The summed E-state index contributed by atoms with van der Waals surface area (Å²) in [6.45, 7) is 2.07. The van der Waals surface area contributed by atoms with Crippen LogP contribution in [0.3, 0.4) is 0 Å². The fourth-order valence-electron chi connectivity index (χ4n) is 2.27. The summed E-state index contributed by atoms with van der Waals surface area (Å²) in [5.74, 6) is -0.130. The Balaban J connectivity index is 1.95. The van der Waals surface area contributed by atoms with Gasteiger partial charge in [-0.05, 0) is 30.2 Å². The molecule has 0 aliphatic rings. The number of aryl methyl sites for hydroxylation is 1. The molecule has 4 heteroatoms. The van der Waals surface area contributed by atoms with E-state index in [1.54, 1.807) is 22.9 Å². The summed E-state index contributed by atoms with van der Waals surface area (Å²) in [6, 6.07) is 13.3. The van der Waals surface area contributed by atoms with Crippen molar-refractivity contribution in [3.8, 4) is 0 Å². The summed E-state index contributed by atoms with van der Waals surface area (Å²) in [7, 11) is 0. The molecular weight excluding hydrogens is 250 g/mol. The van der Waals surface area contributed by atoms with Gasteiger partial charge in [-0.2, -0.15) is 0 Å². The van der Waals surface area contributed by atoms with Gasteiger partial charge >= 0.3 is 0 Å². The second kappa shape index (κ2) is 5.17. The van der Waals surface area contributed by atoms with Gasteiger partial charge in [0, 0.05) is 18.1 Å². The maximum absolute atomic E-state index is 12.4. The van der Waals surface area contributed by atoms with E-state index in [0.717, 1.165) is 23.3 Å². The zero-order valence-electron chi connectivity index (χ0n) is 11.2. The number of pyridine rings is 1. The quantitative estimate of drug-likeness (QED) is 0.790. The number of anilines is 1. The lowest BCUT2D eigenvalue weighted by molar-refractivity contribution is 0.102. The molecule has 0 aliphatic carbocycles. The summed E-state index contributed by atoms with van der Waals surface area (Å²) in [6.07, 6.45) is 4.35. The van der Waals surface area contributed by atoms with Crippen LogP contribution in [0.2, 0.25) is 0 Å². The molecule has 0 saturated carbocycles. The number of amides is 1. The minimum Gasteiger partial charge on any atom is -0.320 e. The van der Waals surface area contributed by atoms with Gasteiger partial charge in [0.15, 0.2) is 0 Å². The van der Waals surface area contributed by atoms with E-state index in [4.69, 9.17) is 0 Å². The van der Waals surface area contributed by atoms with Crippen LogP contribution in [0.15, 0.2) is 54.9 Å². The van der Waals surface area contributed by atoms with Crippen molar-refractivity contribution >= 4 is 17.2 Å². The number of aromatic nitrogens is 2. The predicted molar refractivity (Wildman–Crippen MR) is 79.0 cm³/mol. The largest absolute Gasteiger partial charge is 0.320 e. The van der Waals surface area contributed by atoms with Crippen LogP contribution in [0.1, 0.15) is 23.0 Å². The highest BCUT2D eigenvalue weighted by Gasteiger charge is 2.11. The van der Waals surface area contributed by atoms with Gasteiger partial charge in [-0.3, -0.25) is 9.20 Å². The zero-order chi connectivity index (χ0) is 13.9. The summed E-state index contributed by atoms with van der Waals surface area (Å²) in [4.78, 5) is 16.6. The Morgan fingerprint density at radius 2 is 2.05 bits per heavy atom. The van der Waals surface area contributed by atoms with Crippen LogP contribution in [-0.4, -0.2) is 15.3 Å². The molecule has 0 spiro atoms. The lowest BCUT2D eigenvalue weighted by Crippen LogP contribution is -2.16. The lowest BCUT2D eigenvalue weighted by atomic mass is 10.1. The third-order valence-corrected chi connectivity index (χ3v) is 3.31. The van der Waals surface area contributed by atoms with E-state index in [1.807, 2.05) is 36.4 Å². The van der Waals surface area contributed by atoms with Crippen LogP contribution in [0.25, 0.3) is 5.65 Å². The number of nitrogens with zero attached hydrogens (tertiary/aromatic N) is 2. The summed E-state index contributed by atoms with van der Waals surface area (Å²) < 4.78 is 1.78. The van der Waals surface area contributed by atoms with Crippen LogP contribution in [-0.2, 0) is 6.42 Å². The molecule has 4 nitrogen and oxygen atoms in total. The highest BCUT2D eigenvalue weighted by Crippen LogP contribution is 2.17. The fourth-order valence-corrected chi connectivity index (χ4v) is 2.27. The standard InChI is InChI=1S/C16H15N3O/c1-2-12-6-3-4-7-13(12)18-16(20)14-8-5-9-15-17-10-11-19(14)15/h3-11H,2H2,1H3,(H,18,20). The topological polar surface area (TPSA) is 46.4 Å². The van der Waals surface area contributed by atoms with Crippen LogP contribution in [0.4, 0.5) is 5.69 Å². The molecule has 3 aromatic rings. The van der Waals surface area contributed by atoms with Crippen molar-refractivity contribution in [3.63, 3.8) is 0 Å². The number of carbonyl (C=O) groups is 1. The number of hydrogen-bond acceptors (Lipinski definition) is 2. The zero-order valence-corrected chi connectivity index (χ0v) is 11.2. The second-order valence-corrected chi connectivity index (χ2v) is 4.53. The number of rotatable bonds is 3. The summed E-state index contributed by atoms with van der Waals surface area (Å²) in [5.41, 5.74) is 3.32. The molecule has 1 N–H and O–H groups in total. The van der Waals surface area contributed by atoms with Gasteiger partial charge in [0.2, 0.25) is 0 Å². The number of benzene rings is 1. The van der Waals surface area contributed by atoms with E-state index in [0.29, 0.717) is 5.69 Å². The summed E-state index contributed by atoms with van der Waals surface area (Å²) in [5, 5.41) is 2.97. The number of nitrogens with one attached hydrogen (secondary N) is 1. The lowest BCUT2D eigenvalue weighted by Gasteiger charge is -2.10. The maximum atomic E-state index is 12.4. The molecule has 1 aromatic carbocycles. The van der Waals surface area contributed by atoms with Crippen LogP contribution in [0, 0.1) is 0 Å². The monoisotopic (exact) mass is 265 g/mol. The molecular formula is C16H15N3O. The average Bonchev–Trinajstić information content (AvgIpc) is 2.96. The van der Waals surface area contributed by atoms with E-state index in [-0.39, 0.29) is 5.91 Å². The van der Waals surface area contributed by atoms with Gasteiger partial charge in [0.1, 0.15) is 11.3 Å². The van der Waals surface area contributed by atoms with Gasteiger partial charge < -0.3 is 5.32 Å². The Labute approximate surface area is 117 Å². The molecule has 0 fully saturated rings. The third kappa shape index (κ3) is 2.16. The first kappa shape index (κ1) is 12.4. The number of imidazole rings is 1. The Hall–Kier alpha value is -2.62. The van der Waals surface area contributed by atoms with Crippen LogP contribution >= 0.6 is 0 Å². The first-order chi connectivity index (χ1) is 9.79. The predicted octanol–water partition coefficient (Wildman–Crippen LogP) is 3.15. The van der Waals surface area contributed by atoms with Crippen molar-refractivity contribution in [2.45, 2.75) is 13.3 Å². The number of fused-ring (bicyclic) bond motifs is 1. The van der Waals surface area contributed by atoms with Crippen molar-refractivity contribution in [3.05, 3.63) is 66.1 Å². The van der Waals surface area contributed by atoms with E-state index < -0.39 is 0 Å². The van der Waals surface area contributed by atoms with Crippen LogP contribution < -0.4 is 5.32 Å². The third-order valence-electron chi connectivity index (χ3n) is 3.31. The van der Waals surface area contributed by atoms with Crippen molar-refractivity contribution in [2.24, 2.45) is 0 Å². The highest BCUT2D eigenvalue weighted by molar-refractivity contribution is 6.03. The molecule has 0 saturated heterocycles. The first-order valence-electron chi connectivity index (χ1n) is 6.61. The molecule has 0 atom stereocenters. The van der Waals surface area contributed by atoms with E-state index in [1.165, 1.54) is 0 Å². The fraction of sp³-hybridized carbons (Fsp3) is 0.125. The normalized spacial score (nSPS) is 10.7. The SMILES string of the molecule is CCc1ccccc1NC(=O)c1cccc2nccn12. The van der Waals surface area contributed by atoms with Crippen molar-refractivity contribution in [1.82, 2.24) is 9.38 Å². The van der Waals surface area contributed by atoms with Crippen molar-refractivity contribution in [2.75, 3.05) is 5.32 Å². The average molecular weight is 265 g/mol. The van der Waals surface area contributed by atoms with E-state index >= 15 is 0 Å². The number of hydrogen-bond donors (Lipinski definition) is 1. The molecule has 0 bridgehead atoms. The first-order valence-corrected chi connectivity index (χ1v) is 6.61. The number of para-hydroxylation sites is 1. The maximum Gasteiger partial charge on any atom is 0.272 e. The molecule has 0 unspecified atom stereocenters. The second-order valence-electron chi connectivity index (χ2n) is 4.53. The molecule has 0 aliphatic heterocycles. The minimum absolute atomic E-state index is 0.130. The Kier molecular flexibility index (Phi) is 3.21. The molecule has 0 radical (unpaired) electrons. The van der Waals surface area contributed by atoms with Gasteiger partial charge in [-0.15, -0.1) is 0 Å². The minimum atomic E-state index is -0.130. The van der Waals surface area contributed by atoms with E-state index in [9.17, 15) is 4.79 Å². The Bertz CT molecular complexity index is 761. The van der Waals surface area contributed by atoms with Crippen LogP contribution in [0.5, 0.6) is 0 Å². The highest BCUT2D eigenvalue weighted by atomic mass is 16.1. The molecule has 3 rings (SSSR count). The molecule has 2 aromatic heterocycles. The van der Waals surface area contributed by atoms with E-state index in [2.05, 4.69) is 17.2 Å². The molecule has 1 amide bonds.